The number of benzene rings is 1. The second kappa shape index (κ2) is 10.9. The van der Waals surface area contributed by atoms with Crippen LogP contribution in [0.2, 0.25) is 0 Å². The maximum absolute atomic E-state index is 12.6. The van der Waals surface area contributed by atoms with Crippen LogP contribution in [0.5, 0.6) is 5.75 Å². The number of imidazole rings is 1. The second-order valence-corrected chi connectivity index (χ2v) is 8.52. The molecular weight excluding hydrogens is 470 g/mol. The topological polar surface area (TPSA) is 161 Å². The number of carbonyl (C=O) groups excluding carboxylic acids is 1. The van der Waals surface area contributed by atoms with Gasteiger partial charge in [-0.2, -0.15) is 4.98 Å². The van der Waals surface area contributed by atoms with Gasteiger partial charge in [-0.3, -0.25) is 24.5 Å². The lowest BCUT2D eigenvalue weighted by Crippen LogP contribution is -2.35. The molecule has 1 amide bonds. The Labute approximate surface area is 206 Å². The van der Waals surface area contributed by atoms with E-state index in [0.717, 1.165) is 5.56 Å². The summed E-state index contributed by atoms with van der Waals surface area (Å²) in [6.45, 7) is 3.28. The molecule has 190 valence electrons. The zero-order valence-electron chi connectivity index (χ0n) is 19.7. The first kappa shape index (κ1) is 25.3. The number of aliphatic hydroxyl groups is 2. The molecule has 12 nitrogen and oxygen atoms in total. The summed E-state index contributed by atoms with van der Waals surface area (Å²) in [6, 6.07) is 7.41. The Balaban J connectivity index is 1.52. The predicted octanol–water partition coefficient (Wildman–Crippen LogP) is 0.530. The lowest BCUT2D eigenvalue weighted by molar-refractivity contribution is -0.118. The van der Waals surface area contributed by atoms with Crippen molar-refractivity contribution in [1.82, 2.24) is 19.5 Å². The van der Waals surface area contributed by atoms with Crippen molar-refractivity contribution in [2.45, 2.75) is 44.3 Å². The average Bonchev–Trinajstić information content (AvgIpc) is 3.42. The Hall–Kier alpha value is -3.76. The van der Waals surface area contributed by atoms with E-state index in [9.17, 15) is 19.8 Å². The summed E-state index contributed by atoms with van der Waals surface area (Å²) in [4.78, 5) is 35.8. The van der Waals surface area contributed by atoms with Crippen LogP contribution in [0, 0.1) is 12.3 Å². The number of terminal acetylenes is 1. The molecule has 1 aliphatic heterocycles. The summed E-state index contributed by atoms with van der Waals surface area (Å²) in [5.74, 6) is 2.55. The highest BCUT2D eigenvalue weighted by molar-refractivity contribution is 5.90. The van der Waals surface area contributed by atoms with Gasteiger partial charge in [0.15, 0.2) is 24.0 Å². The number of hydrogen-bond acceptors (Lipinski definition) is 9. The van der Waals surface area contributed by atoms with Gasteiger partial charge in [0.1, 0.15) is 30.7 Å². The third-order valence-corrected chi connectivity index (χ3v) is 5.73. The van der Waals surface area contributed by atoms with E-state index in [4.69, 9.17) is 20.6 Å². The maximum Gasteiger partial charge on any atom is 0.280 e. The van der Waals surface area contributed by atoms with Gasteiger partial charge in [0.05, 0.1) is 12.9 Å². The Morgan fingerprint density at radius 3 is 2.78 bits per heavy atom. The third kappa shape index (κ3) is 5.24. The molecule has 0 bridgehead atoms. The molecule has 3 aromatic rings. The fourth-order valence-corrected chi connectivity index (χ4v) is 3.85. The highest BCUT2D eigenvalue weighted by atomic mass is 16.6. The van der Waals surface area contributed by atoms with Gasteiger partial charge < -0.3 is 24.4 Å². The molecule has 1 fully saturated rings. The van der Waals surface area contributed by atoms with Gasteiger partial charge in [-0.05, 0) is 23.6 Å². The molecule has 4 N–H and O–H groups in total. The number of aliphatic hydroxyl groups excluding tert-OH is 2. The summed E-state index contributed by atoms with van der Waals surface area (Å²) in [6.07, 6.45) is 2.51. The molecule has 4 rings (SSSR count). The molecule has 3 heterocycles. The van der Waals surface area contributed by atoms with Crippen molar-refractivity contribution in [3.63, 3.8) is 0 Å². The van der Waals surface area contributed by atoms with Crippen LogP contribution in [0.25, 0.3) is 11.2 Å². The molecular formula is C24H27N5O7. The smallest absolute Gasteiger partial charge is 0.280 e. The first-order valence-corrected chi connectivity index (χ1v) is 11.3. The van der Waals surface area contributed by atoms with Crippen LogP contribution in [-0.4, -0.2) is 73.8 Å². The van der Waals surface area contributed by atoms with E-state index in [1.165, 1.54) is 10.9 Å². The Kier molecular flexibility index (Phi) is 7.66. The van der Waals surface area contributed by atoms with Crippen LogP contribution in [0.4, 0.5) is 5.95 Å². The predicted molar refractivity (Wildman–Crippen MR) is 128 cm³/mol. The summed E-state index contributed by atoms with van der Waals surface area (Å²) in [5.41, 5.74) is 0.604. The van der Waals surface area contributed by atoms with Gasteiger partial charge in [-0.1, -0.05) is 31.9 Å². The van der Waals surface area contributed by atoms with E-state index >= 15 is 0 Å². The zero-order chi connectivity index (χ0) is 25.8. The molecule has 0 radical (unpaired) electrons. The van der Waals surface area contributed by atoms with Gasteiger partial charge in [0.25, 0.3) is 11.5 Å². The number of anilines is 1. The van der Waals surface area contributed by atoms with Crippen molar-refractivity contribution in [2.24, 2.45) is 0 Å². The summed E-state index contributed by atoms with van der Waals surface area (Å²) in [7, 11) is 0. The van der Waals surface area contributed by atoms with Gasteiger partial charge in [0, 0.05) is 0 Å². The average molecular weight is 498 g/mol. The minimum atomic E-state index is -1.18. The molecule has 1 aliphatic rings. The van der Waals surface area contributed by atoms with Crippen LogP contribution in [0.3, 0.4) is 0 Å². The van der Waals surface area contributed by atoms with Crippen molar-refractivity contribution in [1.29, 1.82) is 0 Å². The Bertz CT molecular complexity index is 1310. The van der Waals surface area contributed by atoms with E-state index in [2.05, 4.69) is 40.0 Å². The van der Waals surface area contributed by atoms with Crippen LogP contribution < -0.4 is 15.6 Å². The minimum Gasteiger partial charge on any atom is -0.484 e. The van der Waals surface area contributed by atoms with Gasteiger partial charge in [-0.25, -0.2) is 4.98 Å². The lowest BCUT2D eigenvalue weighted by atomic mass is 10.0. The normalized spacial score (nSPS) is 21.6. The number of amides is 1. The number of aromatic amines is 1. The number of fused-ring (bicyclic) bond motifs is 1. The summed E-state index contributed by atoms with van der Waals surface area (Å²) < 4.78 is 18.2. The quantitative estimate of drug-likeness (QED) is 0.309. The van der Waals surface area contributed by atoms with E-state index in [1.54, 1.807) is 12.1 Å². The van der Waals surface area contributed by atoms with Crippen molar-refractivity contribution in [3.05, 3.63) is 46.5 Å². The molecule has 1 unspecified atom stereocenters. The SMILES string of the molecule is C#CCO[C@H]1C(O)[C@@H](CO)O[C@H]1n1cnc2c(=O)[nH]c(NC(=O)COc3ccc(C(C)C)cc3)nc21. The lowest BCUT2D eigenvalue weighted by Gasteiger charge is -2.21. The number of ether oxygens (including phenoxy) is 3. The number of nitrogens with zero attached hydrogens (tertiary/aromatic N) is 3. The first-order chi connectivity index (χ1) is 17.3. The molecule has 1 saturated heterocycles. The maximum atomic E-state index is 12.6. The molecule has 12 heteroatoms. The number of nitrogens with one attached hydrogen (secondary N) is 2. The number of carbonyl (C=O) groups is 1. The van der Waals surface area contributed by atoms with Crippen LogP contribution >= 0.6 is 0 Å². The van der Waals surface area contributed by atoms with Crippen molar-refractivity contribution < 1.29 is 29.2 Å². The zero-order valence-corrected chi connectivity index (χ0v) is 19.7. The van der Waals surface area contributed by atoms with Gasteiger partial charge in [0.2, 0.25) is 5.95 Å². The molecule has 0 aliphatic carbocycles. The second-order valence-electron chi connectivity index (χ2n) is 8.52. The number of aromatic nitrogens is 4. The molecule has 36 heavy (non-hydrogen) atoms. The summed E-state index contributed by atoms with van der Waals surface area (Å²) >= 11 is 0. The molecule has 2 aromatic heterocycles. The van der Waals surface area contributed by atoms with E-state index in [0.29, 0.717) is 11.7 Å². The molecule has 1 aromatic carbocycles. The van der Waals surface area contributed by atoms with E-state index in [-0.39, 0.29) is 30.3 Å². The fraction of sp³-hybridized carbons (Fsp3) is 0.417. The highest BCUT2D eigenvalue weighted by Crippen LogP contribution is 2.33. The van der Waals surface area contributed by atoms with Crippen LogP contribution in [0.1, 0.15) is 31.6 Å². The van der Waals surface area contributed by atoms with Gasteiger partial charge >= 0.3 is 0 Å². The standard InChI is InChI=1S/C24H27N5O7/c1-4-9-34-20-19(32)16(10-30)36-23(20)29-12-25-18-21(29)27-24(28-22(18)33)26-17(31)11-35-15-7-5-14(6-8-15)13(2)3/h1,5-8,12-13,16,19-20,23,30,32H,9-11H2,2-3H3,(H2,26,27,28,31,33)/t16-,19?,20+,23-/m1/s1. The highest BCUT2D eigenvalue weighted by Gasteiger charge is 2.46. The number of hydrogen-bond donors (Lipinski definition) is 4. The van der Waals surface area contributed by atoms with Crippen LogP contribution in [0.15, 0.2) is 35.4 Å². The van der Waals surface area contributed by atoms with E-state index < -0.39 is 42.6 Å². The Morgan fingerprint density at radius 1 is 1.36 bits per heavy atom. The first-order valence-electron chi connectivity index (χ1n) is 11.3. The van der Waals surface area contributed by atoms with Crippen molar-refractivity contribution in [2.75, 3.05) is 25.1 Å². The summed E-state index contributed by atoms with van der Waals surface area (Å²) in [5, 5.41) is 22.5. The van der Waals surface area contributed by atoms with Crippen LogP contribution in [-0.2, 0) is 14.3 Å². The number of rotatable bonds is 9. The largest absolute Gasteiger partial charge is 0.484 e. The fourth-order valence-electron chi connectivity index (χ4n) is 3.85. The molecule has 0 spiro atoms. The van der Waals surface area contributed by atoms with Gasteiger partial charge in [-0.15, -0.1) is 6.42 Å². The Morgan fingerprint density at radius 2 is 2.11 bits per heavy atom. The van der Waals surface area contributed by atoms with E-state index in [1.807, 2.05) is 12.1 Å². The van der Waals surface area contributed by atoms with Crippen molar-refractivity contribution in [3.8, 4) is 18.1 Å². The third-order valence-electron chi connectivity index (χ3n) is 5.73. The molecule has 4 atom stereocenters. The molecule has 0 saturated carbocycles. The minimum absolute atomic E-state index is 0.0178. The van der Waals surface area contributed by atoms with Crippen molar-refractivity contribution >= 4 is 23.0 Å². The number of H-pyrrole nitrogens is 1. The monoisotopic (exact) mass is 497 g/mol.